The van der Waals surface area contributed by atoms with Gasteiger partial charge in [-0.1, -0.05) is 59.7 Å². The molecule has 6 nitrogen and oxygen atoms in total. The van der Waals surface area contributed by atoms with Gasteiger partial charge in [0.25, 0.3) is 15.9 Å². The van der Waals surface area contributed by atoms with E-state index in [-0.39, 0.29) is 17.0 Å². The number of nitrogens with one attached hydrogen (secondary N) is 1. The van der Waals surface area contributed by atoms with E-state index in [9.17, 15) is 18.0 Å². The molecule has 0 unspecified atom stereocenters. The first-order valence-electron chi connectivity index (χ1n) is 8.87. The molecule has 2 aromatic rings. The second kappa shape index (κ2) is 7.59. The summed E-state index contributed by atoms with van der Waals surface area (Å²) in [5.74, 6) is -1.20. The van der Waals surface area contributed by atoms with E-state index in [4.69, 9.17) is 0 Å². The lowest BCUT2D eigenvalue weighted by molar-refractivity contribution is -0.128. The lowest BCUT2D eigenvalue weighted by Gasteiger charge is -2.16. The van der Waals surface area contributed by atoms with Crippen LogP contribution in [0.15, 0.2) is 54.1 Å². The highest BCUT2D eigenvalue weighted by atomic mass is 32.2. The molecule has 1 aliphatic heterocycles. The van der Waals surface area contributed by atoms with Crippen LogP contribution in [0, 0.1) is 13.8 Å². The molecule has 0 aromatic heterocycles. The molecular weight excluding hydrogens is 376 g/mol. The van der Waals surface area contributed by atoms with Crippen LogP contribution in [0.4, 0.5) is 0 Å². The predicted molar refractivity (Wildman–Crippen MR) is 107 cm³/mol. The van der Waals surface area contributed by atoms with Crippen molar-refractivity contribution in [3.63, 3.8) is 0 Å². The molecule has 7 heteroatoms. The van der Waals surface area contributed by atoms with Crippen molar-refractivity contribution in [1.82, 2.24) is 9.62 Å². The number of hydrogen-bond acceptors (Lipinski definition) is 4. The molecule has 0 saturated heterocycles. The van der Waals surface area contributed by atoms with E-state index in [1.165, 1.54) is 6.92 Å². The highest BCUT2D eigenvalue weighted by Crippen LogP contribution is 2.35. The van der Waals surface area contributed by atoms with Gasteiger partial charge in [-0.15, -0.1) is 0 Å². The summed E-state index contributed by atoms with van der Waals surface area (Å²) in [7, 11) is -4.07. The SMILES string of the molecule is CC1=C(c2ccc(C)cc2)S(=O)(=O)N(CC(=O)NCc2cccc(C)c2)C1=O. The number of carbonyl (C=O) groups excluding carboxylic acids is 2. The molecule has 146 valence electrons. The molecule has 2 amide bonds. The zero-order valence-corrected chi connectivity index (χ0v) is 16.8. The molecule has 0 fully saturated rings. The Kier molecular flexibility index (Phi) is 5.38. The molecule has 1 heterocycles. The van der Waals surface area contributed by atoms with E-state index in [0.29, 0.717) is 9.87 Å². The van der Waals surface area contributed by atoms with Crippen LogP contribution >= 0.6 is 0 Å². The van der Waals surface area contributed by atoms with E-state index in [2.05, 4.69) is 5.32 Å². The summed E-state index contributed by atoms with van der Waals surface area (Å²) >= 11 is 0. The Morgan fingerprint density at radius 1 is 1.00 bits per heavy atom. The average molecular weight is 398 g/mol. The third kappa shape index (κ3) is 3.84. The Bertz CT molecular complexity index is 1070. The van der Waals surface area contributed by atoms with Crippen molar-refractivity contribution in [2.45, 2.75) is 27.3 Å². The molecular formula is C21H22N2O4S. The van der Waals surface area contributed by atoms with Crippen LogP contribution in [-0.4, -0.2) is 31.1 Å². The number of hydrogen-bond donors (Lipinski definition) is 1. The van der Waals surface area contributed by atoms with Gasteiger partial charge in [0.15, 0.2) is 0 Å². The zero-order chi connectivity index (χ0) is 20.5. The van der Waals surface area contributed by atoms with E-state index >= 15 is 0 Å². The number of aryl methyl sites for hydroxylation is 2. The Balaban J connectivity index is 1.75. The van der Waals surface area contributed by atoms with Gasteiger partial charge in [-0.2, -0.15) is 0 Å². The van der Waals surface area contributed by atoms with Crippen LogP contribution in [-0.2, 0) is 26.2 Å². The standard InChI is InChI=1S/C21H22N2O4S/c1-14-7-9-18(10-8-14)20-16(3)21(25)23(28(20,26)27)13-19(24)22-12-17-6-4-5-15(2)11-17/h4-11H,12-13H2,1-3H3,(H,22,24). The first-order valence-corrected chi connectivity index (χ1v) is 10.3. The summed E-state index contributed by atoms with van der Waals surface area (Å²) in [6.07, 6.45) is 0. The molecule has 1 N–H and O–H groups in total. The van der Waals surface area contributed by atoms with Crippen LogP contribution in [0.25, 0.3) is 4.91 Å². The highest BCUT2D eigenvalue weighted by Gasteiger charge is 2.43. The van der Waals surface area contributed by atoms with Crippen LogP contribution in [0.2, 0.25) is 0 Å². The van der Waals surface area contributed by atoms with Gasteiger partial charge >= 0.3 is 0 Å². The number of rotatable bonds is 5. The summed E-state index contributed by atoms with van der Waals surface area (Å²) in [6, 6.07) is 14.5. The third-order valence-corrected chi connectivity index (χ3v) is 6.54. The molecule has 3 rings (SSSR count). The maximum Gasteiger partial charge on any atom is 0.268 e. The fourth-order valence-electron chi connectivity index (χ4n) is 3.13. The summed E-state index contributed by atoms with van der Waals surface area (Å²) < 4.78 is 26.5. The maximum atomic E-state index is 12.9. The zero-order valence-electron chi connectivity index (χ0n) is 16.0. The second-order valence-corrected chi connectivity index (χ2v) is 8.70. The first kappa shape index (κ1) is 19.8. The highest BCUT2D eigenvalue weighted by molar-refractivity contribution is 7.99. The molecule has 0 spiro atoms. The third-order valence-electron chi connectivity index (χ3n) is 4.61. The first-order chi connectivity index (χ1) is 13.2. The normalized spacial score (nSPS) is 15.8. The van der Waals surface area contributed by atoms with Crippen molar-refractivity contribution in [2.24, 2.45) is 0 Å². The Labute approximate surface area is 164 Å². The van der Waals surface area contributed by atoms with Crippen LogP contribution < -0.4 is 5.32 Å². The van der Waals surface area contributed by atoms with Crippen molar-refractivity contribution in [3.8, 4) is 0 Å². The van der Waals surface area contributed by atoms with Crippen LogP contribution in [0.5, 0.6) is 0 Å². The number of sulfonamides is 1. The van der Waals surface area contributed by atoms with Crippen molar-refractivity contribution in [1.29, 1.82) is 0 Å². The molecule has 0 radical (unpaired) electrons. The van der Waals surface area contributed by atoms with Gasteiger partial charge in [-0.3, -0.25) is 9.59 Å². The predicted octanol–water partition coefficient (Wildman–Crippen LogP) is 2.52. The van der Waals surface area contributed by atoms with Crippen LogP contribution in [0.1, 0.15) is 29.2 Å². The van der Waals surface area contributed by atoms with Gasteiger partial charge in [-0.05, 0) is 31.9 Å². The minimum Gasteiger partial charge on any atom is -0.350 e. The summed E-state index contributed by atoms with van der Waals surface area (Å²) in [6.45, 7) is 5.03. The van der Waals surface area contributed by atoms with Crippen LogP contribution in [0.3, 0.4) is 0 Å². The van der Waals surface area contributed by atoms with Gasteiger partial charge in [0.05, 0.1) is 0 Å². The van der Waals surface area contributed by atoms with Gasteiger partial charge in [0.1, 0.15) is 11.4 Å². The second-order valence-electron chi connectivity index (χ2n) is 6.90. The van der Waals surface area contributed by atoms with Crippen molar-refractivity contribution >= 4 is 26.7 Å². The van der Waals surface area contributed by atoms with Gasteiger partial charge in [-0.25, -0.2) is 12.7 Å². The summed E-state index contributed by atoms with van der Waals surface area (Å²) in [4.78, 5) is 24.8. The van der Waals surface area contributed by atoms with Crippen molar-refractivity contribution < 1.29 is 18.0 Å². The Hall–Kier alpha value is -2.93. The molecule has 28 heavy (non-hydrogen) atoms. The maximum absolute atomic E-state index is 12.9. The molecule has 0 saturated carbocycles. The Morgan fingerprint density at radius 2 is 1.68 bits per heavy atom. The van der Waals surface area contributed by atoms with E-state index in [0.717, 1.165) is 16.7 Å². The largest absolute Gasteiger partial charge is 0.350 e. The topological polar surface area (TPSA) is 83.6 Å². The summed E-state index contributed by atoms with van der Waals surface area (Å²) in [5, 5.41) is 2.67. The molecule has 0 bridgehead atoms. The number of carbonyl (C=O) groups is 2. The fourth-order valence-corrected chi connectivity index (χ4v) is 4.90. The van der Waals surface area contributed by atoms with Crippen molar-refractivity contribution in [3.05, 3.63) is 76.4 Å². The number of amides is 2. The lowest BCUT2D eigenvalue weighted by atomic mass is 10.1. The lowest BCUT2D eigenvalue weighted by Crippen LogP contribution is -2.40. The van der Waals surface area contributed by atoms with Crippen molar-refractivity contribution in [2.75, 3.05) is 6.54 Å². The molecule has 0 atom stereocenters. The minimum absolute atomic E-state index is 0.0380. The fraction of sp³-hybridized carbons (Fsp3) is 0.238. The summed E-state index contributed by atoms with van der Waals surface area (Å²) in [5.41, 5.74) is 3.51. The number of benzene rings is 2. The molecule has 1 aliphatic rings. The Morgan fingerprint density at radius 3 is 2.32 bits per heavy atom. The number of nitrogens with zero attached hydrogens (tertiary/aromatic N) is 1. The van der Waals surface area contributed by atoms with Gasteiger partial charge in [0, 0.05) is 12.1 Å². The smallest absolute Gasteiger partial charge is 0.268 e. The van der Waals surface area contributed by atoms with Gasteiger partial charge < -0.3 is 5.32 Å². The average Bonchev–Trinajstić information content (AvgIpc) is 2.81. The minimum atomic E-state index is -4.07. The van der Waals surface area contributed by atoms with Gasteiger partial charge in [0.2, 0.25) is 5.91 Å². The quantitative estimate of drug-likeness (QED) is 0.839. The monoisotopic (exact) mass is 398 g/mol. The van der Waals surface area contributed by atoms with E-state index < -0.39 is 28.4 Å². The van der Waals surface area contributed by atoms with E-state index in [1.54, 1.807) is 24.3 Å². The molecule has 0 aliphatic carbocycles. The van der Waals surface area contributed by atoms with E-state index in [1.807, 2.05) is 38.1 Å². The molecule has 2 aromatic carbocycles.